The van der Waals surface area contributed by atoms with Gasteiger partial charge in [-0.3, -0.25) is 4.79 Å². The lowest BCUT2D eigenvalue weighted by Crippen LogP contribution is -2.38. The van der Waals surface area contributed by atoms with Crippen molar-refractivity contribution in [3.63, 3.8) is 0 Å². The molecule has 0 aliphatic rings. The molecule has 0 heterocycles. The van der Waals surface area contributed by atoms with E-state index in [9.17, 15) is 4.79 Å². The molecular weight excluding hydrogens is 248 g/mol. The van der Waals surface area contributed by atoms with E-state index in [1.54, 1.807) is 0 Å². The van der Waals surface area contributed by atoms with Crippen molar-refractivity contribution in [2.45, 2.75) is 87.0 Å². The molecule has 0 spiro atoms. The zero-order valence-corrected chi connectivity index (χ0v) is 15.1. The van der Waals surface area contributed by atoms with Gasteiger partial charge in [-0.25, -0.2) is 0 Å². The quantitative estimate of drug-likeness (QED) is 0.691. The molecule has 0 aromatic heterocycles. The number of carbonyl (C=O) groups excluding carboxylic acids is 1. The molecule has 0 aromatic rings. The van der Waals surface area contributed by atoms with Crippen molar-refractivity contribution in [1.29, 1.82) is 0 Å². The molecule has 0 fully saturated rings. The molecule has 0 atom stereocenters. The SMILES string of the molecule is CC.CCCCC(C)(CCCC)C(=O)NCC.CCN. The number of nitrogens with two attached hydrogens (primary N) is 1. The minimum absolute atomic E-state index is 0.137. The molecule has 0 rings (SSSR count). The average Bonchev–Trinajstić information content (AvgIpc) is 2.46. The molecule has 0 aliphatic heterocycles. The summed E-state index contributed by atoms with van der Waals surface area (Å²) in [4.78, 5) is 12.0. The number of unbranched alkanes of at least 4 members (excludes halogenated alkanes) is 2. The van der Waals surface area contributed by atoms with Gasteiger partial charge in [-0.1, -0.05) is 67.2 Å². The molecule has 0 unspecified atom stereocenters. The molecule has 3 N–H and O–H groups in total. The Kier molecular flexibility index (Phi) is 22.5. The first-order valence-electron chi connectivity index (χ1n) is 8.50. The van der Waals surface area contributed by atoms with Crippen molar-refractivity contribution in [1.82, 2.24) is 5.32 Å². The van der Waals surface area contributed by atoms with E-state index < -0.39 is 0 Å². The van der Waals surface area contributed by atoms with Gasteiger partial charge in [0.05, 0.1) is 0 Å². The van der Waals surface area contributed by atoms with Gasteiger partial charge in [0, 0.05) is 12.0 Å². The Morgan fingerprint density at radius 2 is 1.35 bits per heavy atom. The number of nitrogens with one attached hydrogen (secondary N) is 1. The van der Waals surface area contributed by atoms with Crippen LogP contribution >= 0.6 is 0 Å². The van der Waals surface area contributed by atoms with Crippen molar-refractivity contribution in [2.24, 2.45) is 11.1 Å². The Balaban J connectivity index is -0.000000505. The normalized spacial score (nSPS) is 9.80. The molecule has 0 saturated carbocycles. The third-order valence-corrected chi connectivity index (χ3v) is 3.05. The van der Waals surface area contributed by atoms with Crippen LogP contribution in [0.4, 0.5) is 0 Å². The van der Waals surface area contributed by atoms with Gasteiger partial charge in [0.25, 0.3) is 0 Å². The second-order valence-corrected chi connectivity index (χ2v) is 5.04. The Hall–Kier alpha value is -0.570. The summed E-state index contributed by atoms with van der Waals surface area (Å²) in [5.74, 6) is 0.243. The van der Waals surface area contributed by atoms with E-state index >= 15 is 0 Å². The number of amides is 1. The predicted molar refractivity (Wildman–Crippen MR) is 91.9 cm³/mol. The lowest BCUT2D eigenvalue weighted by atomic mass is 9.79. The monoisotopic (exact) mass is 288 g/mol. The fourth-order valence-electron chi connectivity index (χ4n) is 1.86. The summed E-state index contributed by atoms with van der Waals surface area (Å²) < 4.78 is 0. The van der Waals surface area contributed by atoms with E-state index in [1.165, 1.54) is 12.8 Å². The molecular formula is C17H40N2O. The van der Waals surface area contributed by atoms with Crippen molar-refractivity contribution >= 4 is 5.91 Å². The molecule has 0 radical (unpaired) electrons. The topological polar surface area (TPSA) is 55.1 Å². The molecule has 124 valence electrons. The fourth-order valence-corrected chi connectivity index (χ4v) is 1.86. The first kappa shape index (κ1) is 24.4. The van der Waals surface area contributed by atoms with Crippen LogP contribution in [0.15, 0.2) is 0 Å². The zero-order chi connectivity index (χ0) is 16.4. The fraction of sp³-hybridized carbons (Fsp3) is 0.941. The van der Waals surface area contributed by atoms with Crippen LogP contribution < -0.4 is 11.1 Å². The predicted octanol–water partition coefficient (Wildman–Crippen LogP) is 4.50. The summed E-state index contributed by atoms with van der Waals surface area (Å²) >= 11 is 0. The number of rotatable bonds is 8. The summed E-state index contributed by atoms with van der Waals surface area (Å²) in [6.45, 7) is 15.9. The van der Waals surface area contributed by atoms with Crippen LogP contribution in [0.2, 0.25) is 0 Å². The van der Waals surface area contributed by atoms with Crippen molar-refractivity contribution in [3.8, 4) is 0 Å². The van der Waals surface area contributed by atoms with Gasteiger partial charge >= 0.3 is 0 Å². The largest absolute Gasteiger partial charge is 0.356 e. The first-order valence-corrected chi connectivity index (χ1v) is 8.50. The van der Waals surface area contributed by atoms with Crippen LogP contribution in [0.5, 0.6) is 0 Å². The van der Waals surface area contributed by atoms with Gasteiger partial charge in [0.2, 0.25) is 5.91 Å². The zero-order valence-electron chi connectivity index (χ0n) is 15.1. The summed E-state index contributed by atoms with van der Waals surface area (Å²) in [6, 6.07) is 0. The molecule has 20 heavy (non-hydrogen) atoms. The van der Waals surface area contributed by atoms with E-state index in [2.05, 4.69) is 26.1 Å². The minimum atomic E-state index is -0.137. The Bertz CT molecular complexity index is 185. The van der Waals surface area contributed by atoms with Crippen LogP contribution in [0, 0.1) is 5.41 Å². The third-order valence-electron chi connectivity index (χ3n) is 3.05. The van der Waals surface area contributed by atoms with E-state index in [4.69, 9.17) is 5.73 Å². The van der Waals surface area contributed by atoms with Gasteiger partial charge in [-0.2, -0.15) is 0 Å². The molecule has 1 amide bonds. The highest BCUT2D eigenvalue weighted by atomic mass is 16.2. The Morgan fingerprint density at radius 1 is 1.00 bits per heavy atom. The lowest BCUT2D eigenvalue weighted by molar-refractivity contribution is -0.131. The van der Waals surface area contributed by atoms with Crippen molar-refractivity contribution in [3.05, 3.63) is 0 Å². The molecule has 3 heteroatoms. The van der Waals surface area contributed by atoms with Crippen molar-refractivity contribution < 1.29 is 4.79 Å². The highest BCUT2D eigenvalue weighted by molar-refractivity contribution is 5.82. The van der Waals surface area contributed by atoms with Gasteiger partial charge in [-0.15, -0.1) is 0 Å². The van der Waals surface area contributed by atoms with E-state index in [1.807, 2.05) is 27.7 Å². The lowest BCUT2D eigenvalue weighted by Gasteiger charge is -2.28. The van der Waals surface area contributed by atoms with E-state index in [0.717, 1.165) is 38.8 Å². The van der Waals surface area contributed by atoms with Crippen LogP contribution in [-0.4, -0.2) is 19.0 Å². The molecule has 0 bridgehead atoms. The maximum Gasteiger partial charge on any atom is 0.225 e. The van der Waals surface area contributed by atoms with Gasteiger partial charge in [0.15, 0.2) is 0 Å². The Labute approximate surface area is 128 Å². The number of hydrogen-bond acceptors (Lipinski definition) is 2. The summed E-state index contributed by atoms with van der Waals surface area (Å²) in [5.41, 5.74) is 4.71. The first-order chi connectivity index (χ1) is 9.52. The minimum Gasteiger partial charge on any atom is -0.356 e. The highest BCUT2D eigenvalue weighted by Gasteiger charge is 2.31. The van der Waals surface area contributed by atoms with Crippen LogP contribution in [0.25, 0.3) is 0 Å². The second kappa shape index (κ2) is 18.4. The van der Waals surface area contributed by atoms with Gasteiger partial charge in [-0.05, 0) is 26.3 Å². The maximum absolute atomic E-state index is 12.0. The highest BCUT2D eigenvalue weighted by Crippen LogP contribution is 2.30. The maximum atomic E-state index is 12.0. The average molecular weight is 289 g/mol. The molecule has 0 aliphatic carbocycles. The van der Waals surface area contributed by atoms with E-state index in [-0.39, 0.29) is 11.3 Å². The molecule has 0 aromatic carbocycles. The summed E-state index contributed by atoms with van der Waals surface area (Å²) in [6.07, 6.45) is 6.68. The summed E-state index contributed by atoms with van der Waals surface area (Å²) in [5, 5.41) is 2.96. The smallest absolute Gasteiger partial charge is 0.225 e. The van der Waals surface area contributed by atoms with E-state index in [0.29, 0.717) is 0 Å². The van der Waals surface area contributed by atoms with Crippen molar-refractivity contribution in [2.75, 3.05) is 13.1 Å². The van der Waals surface area contributed by atoms with Crippen LogP contribution in [0.3, 0.4) is 0 Å². The summed E-state index contributed by atoms with van der Waals surface area (Å²) in [7, 11) is 0. The number of carbonyl (C=O) groups is 1. The second-order valence-electron chi connectivity index (χ2n) is 5.04. The molecule has 0 saturated heterocycles. The Morgan fingerprint density at radius 3 is 1.60 bits per heavy atom. The van der Waals surface area contributed by atoms with Gasteiger partial charge < -0.3 is 11.1 Å². The van der Waals surface area contributed by atoms with Crippen LogP contribution in [-0.2, 0) is 4.79 Å². The van der Waals surface area contributed by atoms with Crippen LogP contribution in [0.1, 0.15) is 87.0 Å². The third kappa shape index (κ3) is 13.9. The standard InChI is InChI=1S/C13H27NO.C2H7N.C2H6/c1-5-8-10-13(4,11-9-6-2)12(15)14-7-3;1-2-3;1-2/h5-11H2,1-4H3,(H,14,15);2-3H2,1H3;1-2H3. The van der Waals surface area contributed by atoms with Gasteiger partial charge in [0.1, 0.15) is 0 Å². The molecule has 3 nitrogen and oxygen atoms in total. The number of hydrogen-bond donors (Lipinski definition) is 2.